The van der Waals surface area contributed by atoms with E-state index in [2.05, 4.69) is 0 Å². The second-order valence-electron chi connectivity index (χ2n) is 5.16. The first-order valence-electron chi connectivity index (χ1n) is 7.44. The highest BCUT2D eigenvalue weighted by Gasteiger charge is 2.20. The van der Waals surface area contributed by atoms with E-state index < -0.39 is 23.3 Å². The monoisotopic (exact) mass is 360 g/mol. The number of carbonyl (C=O) groups is 2. The molecule has 0 saturated heterocycles. The molecule has 0 heterocycles. The van der Waals surface area contributed by atoms with Crippen molar-refractivity contribution in [1.82, 2.24) is 5.06 Å². The summed E-state index contributed by atoms with van der Waals surface area (Å²) in [6.45, 7) is -0.706. The lowest BCUT2D eigenvalue weighted by molar-refractivity contribution is -0.384. The Morgan fingerprint density at radius 1 is 1.12 bits per heavy atom. The van der Waals surface area contributed by atoms with E-state index in [0.29, 0.717) is 16.4 Å². The topological polar surface area (TPSA) is 119 Å². The molecule has 1 N–H and O–H groups in total. The van der Waals surface area contributed by atoms with Gasteiger partial charge in [-0.1, -0.05) is 12.1 Å². The molecule has 0 saturated carbocycles. The molecular weight excluding hydrogens is 344 g/mol. The zero-order valence-corrected chi connectivity index (χ0v) is 13.8. The minimum atomic E-state index is -1.25. The third kappa shape index (κ3) is 5.02. The van der Waals surface area contributed by atoms with Crippen molar-refractivity contribution in [2.75, 3.05) is 13.7 Å². The van der Waals surface area contributed by atoms with Gasteiger partial charge in [0.15, 0.2) is 0 Å². The lowest BCUT2D eigenvalue weighted by Crippen LogP contribution is -2.35. The van der Waals surface area contributed by atoms with Gasteiger partial charge in [0.2, 0.25) is 0 Å². The number of methoxy groups -OCH3 is 1. The normalized spacial score (nSPS) is 10.2. The van der Waals surface area contributed by atoms with Gasteiger partial charge >= 0.3 is 5.97 Å². The van der Waals surface area contributed by atoms with Crippen LogP contribution in [0.25, 0.3) is 0 Å². The maximum atomic E-state index is 12.4. The van der Waals surface area contributed by atoms with Crippen LogP contribution in [0.5, 0.6) is 5.75 Å². The minimum Gasteiger partial charge on any atom is -0.497 e. The molecule has 2 aromatic carbocycles. The third-order valence-corrected chi connectivity index (χ3v) is 3.38. The number of rotatable bonds is 8. The number of amides is 1. The number of nitro groups is 1. The van der Waals surface area contributed by atoms with E-state index in [-0.39, 0.29) is 17.9 Å². The van der Waals surface area contributed by atoms with Crippen LogP contribution in [0.1, 0.15) is 15.9 Å². The van der Waals surface area contributed by atoms with Gasteiger partial charge in [0, 0.05) is 17.7 Å². The SMILES string of the molecule is COc1ccc(CON(CC(=O)O)C(=O)c2ccc([N+](=O)[O-])cc2)cc1. The molecule has 26 heavy (non-hydrogen) atoms. The van der Waals surface area contributed by atoms with Gasteiger partial charge in [-0.3, -0.25) is 24.5 Å². The molecule has 136 valence electrons. The average molecular weight is 360 g/mol. The first-order valence-corrected chi connectivity index (χ1v) is 7.44. The number of benzene rings is 2. The Hall–Kier alpha value is -3.46. The fourth-order valence-corrected chi connectivity index (χ4v) is 2.04. The largest absolute Gasteiger partial charge is 0.497 e. The van der Waals surface area contributed by atoms with Crippen LogP contribution >= 0.6 is 0 Å². The summed E-state index contributed by atoms with van der Waals surface area (Å²) in [6.07, 6.45) is 0. The molecule has 0 aliphatic carbocycles. The van der Waals surface area contributed by atoms with Gasteiger partial charge in [-0.15, -0.1) is 0 Å². The fourth-order valence-electron chi connectivity index (χ4n) is 2.04. The number of hydrogen-bond donors (Lipinski definition) is 1. The molecule has 0 unspecified atom stereocenters. The molecule has 9 heteroatoms. The number of carbonyl (C=O) groups excluding carboxylic acids is 1. The molecule has 0 aliphatic heterocycles. The number of carboxylic acid groups (broad SMARTS) is 1. The van der Waals surface area contributed by atoms with Crippen molar-refractivity contribution in [2.24, 2.45) is 0 Å². The highest BCUT2D eigenvalue weighted by Crippen LogP contribution is 2.16. The quantitative estimate of drug-likeness (QED) is 0.566. The molecule has 0 spiro atoms. The maximum absolute atomic E-state index is 12.4. The van der Waals surface area contributed by atoms with Crippen LogP contribution in [0.4, 0.5) is 5.69 Å². The summed E-state index contributed by atoms with van der Waals surface area (Å²) in [7, 11) is 1.53. The van der Waals surface area contributed by atoms with Crippen molar-refractivity contribution in [3.63, 3.8) is 0 Å². The summed E-state index contributed by atoms with van der Waals surface area (Å²) in [5.41, 5.74) is 0.606. The van der Waals surface area contributed by atoms with E-state index in [1.54, 1.807) is 24.3 Å². The Kier molecular flexibility index (Phi) is 6.23. The zero-order chi connectivity index (χ0) is 19.1. The maximum Gasteiger partial charge on any atom is 0.325 e. The molecule has 0 aliphatic rings. The first-order chi connectivity index (χ1) is 12.4. The van der Waals surface area contributed by atoms with Gasteiger partial charge in [0.1, 0.15) is 18.9 Å². The van der Waals surface area contributed by atoms with Crippen LogP contribution in [0.2, 0.25) is 0 Å². The minimum absolute atomic E-state index is 0.0318. The lowest BCUT2D eigenvalue weighted by atomic mass is 10.2. The van der Waals surface area contributed by atoms with E-state index in [9.17, 15) is 19.7 Å². The summed E-state index contributed by atoms with van der Waals surface area (Å²) in [5, 5.41) is 20.3. The summed E-state index contributed by atoms with van der Waals surface area (Å²) < 4.78 is 5.04. The molecule has 0 fully saturated rings. The number of nitro benzene ring substituents is 1. The molecule has 2 rings (SSSR count). The van der Waals surface area contributed by atoms with Crippen LogP contribution in [-0.4, -0.2) is 40.6 Å². The number of carboxylic acids is 1. The van der Waals surface area contributed by atoms with Crippen LogP contribution in [0, 0.1) is 10.1 Å². The Bertz CT molecular complexity index is 788. The van der Waals surface area contributed by atoms with Crippen LogP contribution < -0.4 is 4.74 Å². The smallest absolute Gasteiger partial charge is 0.325 e. The summed E-state index contributed by atoms with van der Waals surface area (Å²) in [6, 6.07) is 11.7. The van der Waals surface area contributed by atoms with Crippen LogP contribution in [-0.2, 0) is 16.2 Å². The summed E-state index contributed by atoms with van der Waals surface area (Å²) in [4.78, 5) is 38.8. The molecule has 0 radical (unpaired) electrons. The molecule has 2 aromatic rings. The van der Waals surface area contributed by atoms with Crippen LogP contribution in [0.3, 0.4) is 0 Å². The fraction of sp³-hybridized carbons (Fsp3) is 0.176. The average Bonchev–Trinajstić information content (AvgIpc) is 2.64. The highest BCUT2D eigenvalue weighted by molar-refractivity contribution is 5.95. The van der Waals surface area contributed by atoms with E-state index >= 15 is 0 Å². The number of hydroxylamine groups is 2. The zero-order valence-electron chi connectivity index (χ0n) is 13.8. The second-order valence-corrected chi connectivity index (χ2v) is 5.16. The van der Waals surface area contributed by atoms with Crippen molar-refractivity contribution in [3.8, 4) is 5.75 Å². The molecular formula is C17H16N2O7. The van der Waals surface area contributed by atoms with Gasteiger partial charge in [0.05, 0.1) is 12.0 Å². The highest BCUT2D eigenvalue weighted by atomic mass is 16.7. The molecule has 9 nitrogen and oxygen atoms in total. The third-order valence-electron chi connectivity index (χ3n) is 3.38. The Morgan fingerprint density at radius 3 is 2.23 bits per heavy atom. The van der Waals surface area contributed by atoms with Crippen molar-refractivity contribution in [1.29, 1.82) is 0 Å². The number of non-ortho nitro benzene ring substituents is 1. The van der Waals surface area contributed by atoms with E-state index in [1.165, 1.54) is 19.2 Å². The Balaban J connectivity index is 2.10. The van der Waals surface area contributed by atoms with Crippen molar-refractivity contribution in [2.45, 2.75) is 6.61 Å². The molecule has 0 aromatic heterocycles. The van der Waals surface area contributed by atoms with E-state index in [0.717, 1.165) is 12.1 Å². The Labute approximate surface area is 148 Å². The lowest BCUT2D eigenvalue weighted by Gasteiger charge is -2.20. The second kappa shape index (κ2) is 8.58. The predicted molar refractivity (Wildman–Crippen MR) is 89.6 cm³/mol. The van der Waals surface area contributed by atoms with Crippen LogP contribution in [0.15, 0.2) is 48.5 Å². The molecule has 0 atom stereocenters. The van der Waals surface area contributed by atoms with E-state index in [4.69, 9.17) is 14.7 Å². The van der Waals surface area contributed by atoms with Gasteiger partial charge in [-0.25, -0.2) is 5.06 Å². The Morgan fingerprint density at radius 2 is 1.73 bits per heavy atom. The number of aliphatic carboxylic acids is 1. The molecule has 1 amide bonds. The van der Waals surface area contributed by atoms with Gasteiger partial charge in [0.25, 0.3) is 11.6 Å². The summed E-state index contributed by atoms with van der Waals surface area (Å²) in [5.74, 6) is -1.32. The standard InChI is InChI=1S/C17H16N2O7/c1-25-15-8-2-12(3-9-15)11-26-18(10-16(20)21)17(22)13-4-6-14(7-5-13)19(23)24/h2-9H,10-11H2,1H3,(H,20,21). The summed E-state index contributed by atoms with van der Waals surface area (Å²) >= 11 is 0. The van der Waals surface area contributed by atoms with Crippen molar-refractivity contribution < 1.29 is 29.2 Å². The first kappa shape index (κ1) is 18.9. The van der Waals surface area contributed by atoms with Crippen molar-refractivity contribution in [3.05, 3.63) is 69.8 Å². The number of ether oxygens (including phenoxy) is 1. The van der Waals surface area contributed by atoms with E-state index in [1.807, 2.05) is 0 Å². The van der Waals surface area contributed by atoms with Gasteiger partial charge < -0.3 is 9.84 Å². The number of nitrogens with zero attached hydrogens (tertiary/aromatic N) is 2. The van der Waals surface area contributed by atoms with Gasteiger partial charge in [-0.2, -0.15) is 0 Å². The molecule has 0 bridgehead atoms. The van der Waals surface area contributed by atoms with Crippen molar-refractivity contribution >= 4 is 17.6 Å². The van der Waals surface area contributed by atoms with Gasteiger partial charge in [-0.05, 0) is 29.8 Å². The predicted octanol–water partition coefficient (Wildman–Crippen LogP) is 2.26. The number of hydrogen-bond acceptors (Lipinski definition) is 6.